The molecular formula is C16H14N4S. The number of hydrogen-bond acceptors (Lipinski definition) is 4. The van der Waals surface area contributed by atoms with Crippen LogP contribution in [0.1, 0.15) is 5.56 Å². The van der Waals surface area contributed by atoms with Crippen LogP contribution in [0.15, 0.2) is 54.9 Å². The number of nitrogens with zero attached hydrogens (tertiary/aromatic N) is 3. The van der Waals surface area contributed by atoms with E-state index in [2.05, 4.69) is 9.97 Å². The molecule has 1 aromatic heterocycles. The van der Waals surface area contributed by atoms with Gasteiger partial charge in [0, 0.05) is 23.7 Å². The van der Waals surface area contributed by atoms with Crippen LogP contribution in [0.2, 0.25) is 0 Å². The molecular weight excluding hydrogens is 280 g/mol. The third-order valence-corrected chi connectivity index (χ3v) is 3.61. The molecule has 21 heavy (non-hydrogen) atoms. The number of fused-ring (bicyclic) bond motifs is 1. The number of benzene rings is 2. The Labute approximate surface area is 128 Å². The summed E-state index contributed by atoms with van der Waals surface area (Å²) >= 11 is 4.97. The van der Waals surface area contributed by atoms with E-state index in [0.29, 0.717) is 4.99 Å². The highest BCUT2D eigenvalue weighted by molar-refractivity contribution is 7.80. The molecule has 0 fully saturated rings. The standard InChI is InChI=1S/C16H14N4S/c1-20(12-8-6-11(7-9-12)15(17)21)16-13-4-2-3-5-14(13)18-10-19-16/h2-10H,1H3,(H2,17,21). The minimum atomic E-state index is 0.400. The molecule has 0 amide bonds. The van der Waals surface area contributed by atoms with Crippen LogP contribution < -0.4 is 10.6 Å². The van der Waals surface area contributed by atoms with Crippen molar-refractivity contribution in [1.82, 2.24) is 9.97 Å². The maximum absolute atomic E-state index is 5.62. The molecule has 0 spiro atoms. The maximum atomic E-state index is 5.62. The summed E-state index contributed by atoms with van der Waals surface area (Å²) in [5.74, 6) is 0.865. The SMILES string of the molecule is CN(c1ccc(C(N)=S)cc1)c1ncnc2ccccc12. The van der Waals surface area contributed by atoms with Crippen molar-refractivity contribution in [2.24, 2.45) is 5.73 Å². The average molecular weight is 294 g/mol. The molecule has 0 aliphatic rings. The molecule has 5 heteroatoms. The molecule has 0 radical (unpaired) electrons. The van der Waals surface area contributed by atoms with E-state index in [-0.39, 0.29) is 0 Å². The van der Waals surface area contributed by atoms with E-state index in [1.807, 2.05) is 60.5 Å². The van der Waals surface area contributed by atoms with Gasteiger partial charge >= 0.3 is 0 Å². The van der Waals surface area contributed by atoms with E-state index in [1.54, 1.807) is 6.33 Å². The molecule has 0 aliphatic heterocycles. The van der Waals surface area contributed by atoms with E-state index >= 15 is 0 Å². The van der Waals surface area contributed by atoms with Gasteiger partial charge in [0.15, 0.2) is 0 Å². The van der Waals surface area contributed by atoms with Crippen molar-refractivity contribution in [1.29, 1.82) is 0 Å². The molecule has 0 atom stereocenters. The van der Waals surface area contributed by atoms with Crippen molar-refractivity contribution in [2.45, 2.75) is 0 Å². The van der Waals surface area contributed by atoms with E-state index in [1.165, 1.54) is 0 Å². The number of thiocarbonyl (C=S) groups is 1. The molecule has 2 aromatic carbocycles. The summed E-state index contributed by atoms with van der Waals surface area (Å²) in [4.78, 5) is 11.1. The molecule has 4 nitrogen and oxygen atoms in total. The van der Waals surface area contributed by atoms with Crippen molar-refractivity contribution in [3.8, 4) is 0 Å². The summed E-state index contributed by atoms with van der Waals surface area (Å²) in [7, 11) is 1.98. The number of hydrogen-bond donors (Lipinski definition) is 1. The molecule has 0 bridgehead atoms. The first-order valence-corrected chi connectivity index (χ1v) is 6.91. The second-order valence-corrected chi connectivity index (χ2v) is 5.12. The van der Waals surface area contributed by atoms with Gasteiger partial charge in [0.05, 0.1) is 5.52 Å². The average Bonchev–Trinajstić information content (AvgIpc) is 2.53. The summed E-state index contributed by atoms with van der Waals surface area (Å²) < 4.78 is 0. The molecule has 3 rings (SSSR count). The molecule has 0 unspecified atom stereocenters. The highest BCUT2D eigenvalue weighted by atomic mass is 32.1. The van der Waals surface area contributed by atoms with Crippen molar-refractivity contribution in [3.05, 3.63) is 60.4 Å². The Morgan fingerprint density at radius 3 is 2.48 bits per heavy atom. The van der Waals surface area contributed by atoms with Gasteiger partial charge in [-0.15, -0.1) is 0 Å². The Hall–Kier alpha value is -2.53. The number of para-hydroxylation sites is 1. The largest absolute Gasteiger partial charge is 0.389 e. The summed E-state index contributed by atoms with van der Waals surface area (Å²) in [6.07, 6.45) is 1.58. The van der Waals surface area contributed by atoms with Crippen LogP contribution in [-0.4, -0.2) is 22.0 Å². The first kappa shape index (κ1) is 13.5. The summed E-state index contributed by atoms with van der Waals surface area (Å²) in [6, 6.07) is 15.7. The Morgan fingerprint density at radius 1 is 1.05 bits per heavy atom. The number of nitrogens with two attached hydrogens (primary N) is 1. The molecule has 3 aromatic rings. The van der Waals surface area contributed by atoms with Crippen LogP contribution in [0.4, 0.5) is 11.5 Å². The quantitative estimate of drug-likeness (QED) is 0.752. The summed E-state index contributed by atoms with van der Waals surface area (Å²) in [5.41, 5.74) is 8.42. The van der Waals surface area contributed by atoms with E-state index < -0.39 is 0 Å². The van der Waals surface area contributed by atoms with E-state index in [9.17, 15) is 0 Å². The first-order chi connectivity index (χ1) is 10.2. The third-order valence-electron chi connectivity index (χ3n) is 3.38. The Bertz CT molecular complexity index is 793. The van der Waals surface area contributed by atoms with Crippen molar-refractivity contribution in [2.75, 3.05) is 11.9 Å². The molecule has 0 saturated heterocycles. The smallest absolute Gasteiger partial charge is 0.144 e. The number of aromatic nitrogens is 2. The predicted molar refractivity (Wildman–Crippen MR) is 89.9 cm³/mol. The normalized spacial score (nSPS) is 10.5. The predicted octanol–water partition coefficient (Wildman–Crippen LogP) is 3.03. The van der Waals surface area contributed by atoms with Crippen molar-refractivity contribution < 1.29 is 0 Å². The van der Waals surface area contributed by atoms with Gasteiger partial charge in [-0.1, -0.05) is 24.4 Å². The maximum Gasteiger partial charge on any atom is 0.144 e. The molecule has 0 saturated carbocycles. The minimum absolute atomic E-state index is 0.400. The zero-order chi connectivity index (χ0) is 14.8. The zero-order valence-corrected chi connectivity index (χ0v) is 12.3. The number of anilines is 2. The summed E-state index contributed by atoms with van der Waals surface area (Å²) in [6.45, 7) is 0. The van der Waals surface area contributed by atoms with Crippen molar-refractivity contribution in [3.63, 3.8) is 0 Å². The fourth-order valence-electron chi connectivity index (χ4n) is 2.23. The van der Waals surface area contributed by atoms with Crippen molar-refractivity contribution >= 4 is 39.6 Å². The van der Waals surface area contributed by atoms with Crippen LogP contribution in [0.5, 0.6) is 0 Å². The first-order valence-electron chi connectivity index (χ1n) is 6.50. The van der Waals surface area contributed by atoms with Gasteiger partial charge in [-0.05, 0) is 36.4 Å². The van der Waals surface area contributed by atoms with Gasteiger partial charge in [-0.2, -0.15) is 0 Å². The van der Waals surface area contributed by atoms with E-state index in [0.717, 1.165) is 28.0 Å². The minimum Gasteiger partial charge on any atom is -0.389 e. The van der Waals surface area contributed by atoms with Gasteiger partial charge in [-0.25, -0.2) is 9.97 Å². The van der Waals surface area contributed by atoms with Crippen LogP contribution in [0.25, 0.3) is 10.9 Å². The van der Waals surface area contributed by atoms with Gasteiger partial charge in [-0.3, -0.25) is 0 Å². The molecule has 2 N–H and O–H groups in total. The highest BCUT2D eigenvalue weighted by Gasteiger charge is 2.10. The van der Waals surface area contributed by atoms with Crippen LogP contribution in [-0.2, 0) is 0 Å². The van der Waals surface area contributed by atoms with Crippen LogP contribution >= 0.6 is 12.2 Å². The fourth-order valence-corrected chi connectivity index (χ4v) is 2.37. The second kappa shape index (κ2) is 5.46. The lowest BCUT2D eigenvalue weighted by molar-refractivity contribution is 1.11. The Balaban J connectivity index is 2.04. The number of rotatable bonds is 3. The third kappa shape index (κ3) is 2.55. The van der Waals surface area contributed by atoms with Crippen LogP contribution in [0, 0.1) is 0 Å². The van der Waals surface area contributed by atoms with Gasteiger partial charge in [0.2, 0.25) is 0 Å². The fraction of sp³-hybridized carbons (Fsp3) is 0.0625. The van der Waals surface area contributed by atoms with Gasteiger partial charge in [0.1, 0.15) is 17.1 Å². The highest BCUT2D eigenvalue weighted by Crippen LogP contribution is 2.27. The lowest BCUT2D eigenvalue weighted by Gasteiger charge is -2.20. The van der Waals surface area contributed by atoms with Gasteiger partial charge in [0.25, 0.3) is 0 Å². The zero-order valence-electron chi connectivity index (χ0n) is 11.5. The van der Waals surface area contributed by atoms with E-state index in [4.69, 9.17) is 18.0 Å². The molecule has 0 aliphatic carbocycles. The second-order valence-electron chi connectivity index (χ2n) is 4.68. The molecule has 104 valence electrons. The van der Waals surface area contributed by atoms with Crippen LogP contribution in [0.3, 0.4) is 0 Å². The monoisotopic (exact) mass is 294 g/mol. The summed E-state index contributed by atoms with van der Waals surface area (Å²) in [5, 5.41) is 1.01. The van der Waals surface area contributed by atoms with Gasteiger partial charge < -0.3 is 10.6 Å². The Morgan fingerprint density at radius 2 is 1.76 bits per heavy atom. The lowest BCUT2D eigenvalue weighted by atomic mass is 10.2. The Kier molecular flexibility index (Phi) is 3.50. The topological polar surface area (TPSA) is 55.0 Å². The molecule has 1 heterocycles. The lowest BCUT2D eigenvalue weighted by Crippen LogP contribution is -2.13.